The van der Waals surface area contributed by atoms with Crippen LogP contribution >= 0.6 is 0 Å². The van der Waals surface area contributed by atoms with Gasteiger partial charge in [-0.05, 0) is 18.8 Å². The van der Waals surface area contributed by atoms with E-state index in [1.54, 1.807) is 0 Å². The lowest BCUT2D eigenvalue weighted by Gasteiger charge is -2.23. The molecule has 14 heavy (non-hydrogen) atoms. The number of hydrogen-bond donors (Lipinski definition) is 3. The van der Waals surface area contributed by atoms with Gasteiger partial charge in [-0.1, -0.05) is 39.5 Å². The molecule has 0 amide bonds. The van der Waals surface area contributed by atoms with Crippen molar-refractivity contribution < 1.29 is 15.3 Å². The third-order valence-electron chi connectivity index (χ3n) is 2.65. The zero-order chi connectivity index (χ0) is 11.0. The van der Waals surface area contributed by atoms with Gasteiger partial charge in [0.15, 0.2) is 6.29 Å². The highest BCUT2D eigenvalue weighted by Gasteiger charge is 2.23. The summed E-state index contributed by atoms with van der Waals surface area (Å²) in [7, 11) is 0. The molecule has 0 fully saturated rings. The molecule has 0 bridgehead atoms. The fourth-order valence-corrected chi connectivity index (χ4v) is 1.66. The average molecular weight is 204 g/mol. The van der Waals surface area contributed by atoms with Crippen LogP contribution < -0.4 is 0 Å². The molecule has 0 spiro atoms. The molecule has 0 aromatic heterocycles. The van der Waals surface area contributed by atoms with E-state index in [-0.39, 0.29) is 5.92 Å². The van der Waals surface area contributed by atoms with E-state index in [0.29, 0.717) is 0 Å². The van der Waals surface area contributed by atoms with Crippen LogP contribution in [0.15, 0.2) is 0 Å². The Morgan fingerprint density at radius 2 is 1.29 bits per heavy atom. The van der Waals surface area contributed by atoms with Crippen LogP contribution in [0.2, 0.25) is 0 Å². The van der Waals surface area contributed by atoms with Crippen LogP contribution in [-0.2, 0) is 0 Å². The zero-order valence-electron chi connectivity index (χ0n) is 9.32. The summed E-state index contributed by atoms with van der Waals surface area (Å²) in [4.78, 5) is 0. The molecule has 0 aliphatic carbocycles. The number of unbranched alkanes of at least 4 members (excludes halogenated alkanes) is 2. The summed E-state index contributed by atoms with van der Waals surface area (Å²) in [5, 5.41) is 27.3. The Hall–Kier alpha value is -0.120. The Morgan fingerprint density at radius 1 is 0.857 bits per heavy atom. The molecule has 0 radical (unpaired) electrons. The van der Waals surface area contributed by atoms with Crippen molar-refractivity contribution in [1.29, 1.82) is 0 Å². The van der Waals surface area contributed by atoms with E-state index < -0.39 is 12.4 Å². The van der Waals surface area contributed by atoms with E-state index in [2.05, 4.69) is 13.8 Å². The molecule has 3 nitrogen and oxygen atoms in total. The molecule has 0 aliphatic heterocycles. The molecule has 0 aliphatic rings. The first-order chi connectivity index (χ1) is 6.63. The van der Waals surface area contributed by atoms with E-state index in [4.69, 9.17) is 10.2 Å². The predicted octanol–water partition coefficient (Wildman–Crippen LogP) is 1.65. The van der Waals surface area contributed by atoms with Gasteiger partial charge in [0.05, 0.1) is 0 Å². The first kappa shape index (κ1) is 13.9. The van der Waals surface area contributed by atoms with Gasteiger partial charge in [0.2, 0.25) is 0 Å². The highest BCUT2D eigenvalue weighted by atomic mass is 16.5. The van der Waals surface area contributed by atoms with Crippen molar-refractivity contribution in [3.63, 3.8) is 0 Å². The third-order valence-corrected chi connectivity index (χ3v) is 2.65. The molecule has 1 atom stereocenters. The molecule has 0 aromatic rings. The monoisotopic (exact) mass is 204 g/mol. The maximum absolute atomic E-state index is 9.54. The van der Waals surface area contributed by atoms with Crippen LogP contribution in [0, 0.1) is 5.92 Å². The molecular weight excluding hydrogens is 180 g/mol. The quantitative estimate of drug-likeness (QED) is 0.527. The molecule has 0 saturated heterocycles. The van der Waals surface area contributed by atoms with Gasteiger partial charge in [-0.15, -0.1) is 0 Å². The van der Waals surface area contributed by atoms with E-state index in [1.807, 2.05) is 0 Å². The molecule has 3 heteroatoms. The van der Waals surface area contributed by atoms with Crippen molar-refractivity contribution in [3.8, 4) is 0 Å². The molecule has 1 unspecified atom stereocenters. The average Bonchev–Trinajstić information content (AvgIpc) is 2.17. The van der Waals surface area contributed by atoms with Crippen molar-refractivity contribution in [3.05, 3.63) is 0 Å². The van der Waals surface area contributed by atoms with Gasteiger partial charge < -0.3 is 15.3 Å². The van der Waals surface area contributed by atoms with Crippen molar-refractivity contribution in [1.82, 2.24) is 0 Å². The molecule has 0 heterocycles. The second-order valence-corrected chi connectivity index (χ2v) is 3.95. The fraction of sp³-hybridized carbons (Fsp3) is 1.00. The normalized spacial score (nSPS) is 13.9. The SMILES string of the molecule is CCCCC(CCCC)C(O)C(O)O. The summed E-state index contributed by atoms with van der Waals surface area (Å²) in [5.41, 5.74) is 0. The smallest absolute Gasteiger partial charge is 0.178 e. The minimum Gasteiger partial charge on any atom is -0.388 e. The number of aliphatic hydroxyl groups is 3. The van der Waals surface area contributed by atoms with Crippen molar-refractivity contribution in [2.75, 3.05) is 0 Å². The summed E-state index contributed by atoms with van der Waals surface area (Å²) in [6.45, 7) is 4.19. The summed E-state index contributed by atoms with van der Waals surface area (Å²) >= 11 is 0. The van der Waals surface area contributed by atoms with Gasteiger partial charge in [0.25, 0.3) is 0 Å². The van der Waals surface area contributed by atoms with E-state index in [9.17, 15) is 5.11 Å². The van der Waals surface area contributed by atoms with Gasteiger partial charge in [-0.3, -0.25) is 0 Å². The molecule has 3 N–H and O–H groups in total. The van der Waals surface area contributed by atoms with Crippen molar-refractivity contribution in [2.24, 2.45) is 5.92 Å². The van der Waals surface area contributed by atoms with Crippen LogP contribution in [-0.4, -0.2) is 27.7 Å². The van der Waals surface area contributed by atoms with Gasteiger partial charge in [-0.25, -0.2) is 0 Å². The lowest BCUT2D eigenvalue weighted by atomic mass is 9.90. The number of hydrogen-bond acceptors (Lipinski definition) is 3. The Kier molecular flexibility index (Phi) is 8.14. The lowest BCUT2D eigenvalue weighted by molar-refractivity contribution is -0.143. The number of aliphatic hydroxyl groups excluding tert-OH is 2. The Bertz CT molecular complexity index is 118. The standard InChI is InChI=1S/C11H24O3/c1-3-5-7-9(8-6-4-2)10(12)11(13)14/h9-14H,3-8H2,1-2H3. The molecule has 0 aromatic carbocycles. The minimum atomic E-state index is -1.59. The summed E-state index contributed by atoms with van der Waals surface area (Å²) in [5.74, 6) is 0.0369. The van der Waals surface area contributed by atoms with Gasteiger partial charge in [-0.2, -0.15) is 0 Å². The third kappa shape index (κ3) is 5.58. The minimum absolute atomic E-state index is 0.0369. The second-order valence-electron chi connectivity index (χ2n) is 3.95. The topological polar surface area (TPSA) is 60.7 Å². The van der Waals surface area contributed by atoms with E-state index >= 15 is 0 Å². The highest BCUT2D eigenvalue weighted by molar-refractivity contribution is 4.70. The van der Waals surface area contributed by atoms with E-state index in [1.165, 1.54) is 0 Å². The Balaban J connectivity index is 3.94. The Morgan fingerprint density at radius 3 is 1.57 bits per heavy atom. The van der Waals surface area contributed by atoms with Crippen molar-refractivity contribution in [2.45, 2.75) is 64.8 Å². The highest BCUT2D eigenvalue weighted by Crippen LogP contribution is 2.21. The van der Waals surface area contributed by atoms with Crippen LogP contribution in [0.5, 0.6) is 0 Å². The van der Waals surface area contributed by atoms with Crippen LogP contribution in [0.4, 0.5) is 0 Å². The maximum atomic E-state index is 9.54. The summed E-state index contributed by atoms with van der Waals surface area (Å²) < 4.78 is 0. The second kappa shape index (κ2) is 8.21. The largest absolute Gasteiger partial charge is 0.388 e. The van der Waals surface area contributed by atoms with Gasteiger partial charge in [0, 0.05) is 0 Å². The molecule has 86 valence electrons. The van der Waals surface area contributed by atoms with Crippen LogP contribution in [0.25, 0.3) is 0 Å². The van der Waals surface area contributed by atoms with E-state index in [0.717, 1.165) is 38.5 Å². The zero-order valence-corrected chi connectivity index (χ0v) is 9.32. The predicted molar refractivity (Wildman–Crippen MR) is 56.8 cm³/mol. The van der Waals surface area contributed by atoms with Crippen LogP contribution in [0.3, 0.4) is 0 Å². The number of rotatable bonds is 8. The lowest BCUT2D eigenvalue weighted by Crippen LogP contribution is -2.33. The first-order valence-electron chi connectivity index (χ1n) is 5.67. The molecule has 0 saturated carbocycles. The van der Waals surface area contributed by atoms with Gasteiger partial charge >= 0.3 is 0 Å². The van der Waals surface area contributed by atoms with Crippen molar-refractivity contribution >= 4 is 0 Å². The molecule has 0 rings (SSSR count). The van der Waals surface area contributed by atoms with Crippen LogP contribution in [0.1, 0.15) is 52.4 Å². The van der Waals surface area contributed by atoms with Gasteiger partial charge in [0.1, 0.15) is 6.10 Å². The molecular formula is C11H24O3. The summed E-state index contributed by atoms with van der Waals surface area (Å²) in [6, 6.07) is 0. The summed E-state index contributed by atoms with van der Waals surface area (Å²) in [6.07, 6.45) is 3.44. The Labute approximate surface area is 86.8 Å². The fourth-order valence-electron chi connectivity index (χ4n) is 1.66. The first-order valence-corrected chi connectivity index (χ1v) is 5.67. The maximum Gasteiger partial charge on any atom is 0.178 e.